The average Bonchev–Trinajstić information content (AvgIpc) is 3.12. The minimum atomic E-state index is -0.313. The van der Waals surface area contributed by atoms with E-state index in [0.29, 0.717) is 11.3 Å². The third-order valence-corrected chi connectivity index (χ3v) is 5.47. The van der Waals surface area contributed by atoms with Crippen molar-refractivity contribution in [2.45, 2.75) is 49.0 Å². The van der Waals surface area contributed by atoms with Gasteiger partial charge in [0.1, 0.15) is 5.76 Å². The van der Waals surface area contributed by atoms with Crippen LogP contribution in [0.3, 0.4) is 0 Å². The zero-order valence-corrected chi connectivity index (χ0v) is 12.8. The minimum absolute atomic E-state index is 0.313. The van der Waals surface area contributed by atoms with Crippen LogP contribution in [0.1, 0.15) is 31.9 Å². The van der Waals surface area contributed by atoms with E-state index in [9.17, 15) is 0 Å². The summed E-state index contributed by atoms with van der Waals surface area (Å²) in [5, 5.41) is 4.11. The van der Waals surface area contributed by atoms with Crippen molar-refractivity contribution in [1.29, 1.82) is 0 Å². The molecule has 112 valence electrons. The Labute approximate surface area is 124 Å². The molecule has 0 radical (unpaired) electrons. The normalized spacial score (nSPS) is 29.1. The van der Waals surface area contributed by atoms with Crippen LogP contribution in [0.25, 0.3) is 0 Å². The van der Waals surface area contributed by atoms with E-state index in [4.69, 9.17) is 13.9 Å². The van der Waals surface area contributed by atoms with E-state index in [1.165, 1.54) is 0 Å². The molecule has 1 aromatic heterocycles. The number of hydrogen-bond acceptors (Lipinski definition) is 5. The molecule has 0 amide bonds. The Kier molecular flexibility index (Phi) is 4.71. The van der Waals surface area contributed by atoms with Gasteiger partial charge in [0.2, 0.25) is 0 Å². The van der Waals surface area contributed by atoms with Gasteiger partial charge in [0.05, 0.1) is 25.2 Å². The molecule has 2 atom stereocenters. The minimum Gasteiger partial charge on any atom is -0.468 e. The highest BCUT2D eigenvalue weighted by atomic mass is 32.2. The van der Waals surface area contributed by atoms with Crippen molar-refractivity contribution in [3.8, 4) is 0 Å². The largest absolute Gasteiger partial charge is 0.468 e. The fourth-order valence-electron chi connectivity index (χ4n) is 3.13. The van der Waals surface area contributed by atoms with Gasteiger partial charge in [0, 0.05) is 24.1 Å². The SMILES string of the molecule is CCNC1CCC2(CC1SCc1ccco1)OCCO2. The zero-order chi connectivity index (χ0) is 13.8. The first kappa shape index (κ1) is 14.4. The molecule has 3 rings (SSSR count). The summed E-state index contributed by atoms with van der Waals surface area (Å²) in [6.07, 6.45) is 4.82. The predicted molar refractivity (Wildman–Crippen MR) is 79.7 cm³/mol. The van der Waals surface area contributed by atoms with E-state index in [2.05, 4.69) is 12.2 Å². The third-order valence-electron chi connectivity index (χ3n) is 4.10. The molecule has 1 N–H and O–H groups in total. The summed E-state index contributed by atoms with van der Waals surface area (Å²) in [6, 6.07) is 4.53. The van der Waals surface area contributed by atoms with Gasteiger partial charge in [-0.3, -0.25) is 0 Å². The molecule has 2 heterocycles. The molecule has 2 fully saturated rings. The van der Waals surface area contributed by atoms with Crippen molar-refractivity contribution in [1.82, 2.24) is 5.32 Å². The van der Waals surface area contributed by atoms with Crippen molar-refractivity contribution in [3.63, 3.8) is 0 Å². The molecular weight excluding hydrogens is 274 g/mol. The number of rotatable bonds is 5. The highest BCUT2D eigenvalue weighted by Crippen LogP contribution is 2.41. The fraction of sp³-hybridized carbons (Fsp3) is 0.733. The Balaban J connectivity index is 1.62. The first-order valence-corrected chi connectivity index (χ1v) is 8.51. The van der Waals surface area contributed by atoms with Crippen molar-refractivity contribution in [2.24, 2.45) is 0 Å². The van der Waals surface area contributed by atoms with Crippen LogP contribution in [0.5, 0.6) is 0 Å². The van der Waals surface area contributed by atoms with E-state index < -0.39 is 0 Å². The summed E-state index contributed by atoms with van der Waals surface area (Å²) < 4.78 is 17.2. The van der Waals surface area contributed by atoms with Crippen LogP contribution in [0.4, 0.5) is 0 Å². The van der Waals surface area contributed by atoms with Gasteiger partial charge in [-0.05, 0) is 25.1 Å². The maximum absolute atomic E-state index is 5.89. The summed E-state index contributed by atoms with van der Waals surface area (Å²) in [5.41, 5.74) is 0. The number of hydrogen-bond donors (Lipinski definition) is 1. The molecule has 1 aliphatic carbocycles. The van der Waals surface area contributed by atoms with E-state index in [1.807, 2.05) is 23.9 Å². The molecule has 1 aromatic rings. The van der Waals surface area contributed by atoms with Crippen molar-refractivity contribution >= 4 is 11.8 Å². The number of thioether (sulfide) groups is 1. The lowest BCUT2D eigenvalue weighted by molar-refractivity contribution is -0.178. The molecule has 2 unspecified atom stereocenters. The highest BCUT2D eigenvalue weighted by molar-refractivity contribution is 7.99. The number of ether oxygens (including phenoxy) is 2. The van der Waals surface area contributed by atoms with Crippen LogP contribution in [0, 0.1) is 0 Å². The first-order chi connectivity index (χ1) is 9.81. The molecule has 20 heavy (non-hydrogen) atoms. The van der Waals surface area contributed by atoms with Gasteiger partial charge in [0.15, 0.2) is 5.79 Å². The molecule has 0 aromatic carbocycles. The molecule has 2 aliphatic rings. The molecular formula is C15H23NO3S. The van der Waals surface area contributed by atoms with E-state index in [1.54, 1.807) is 6.26 Å². The predicted octanol–water partition coefficient (Wildman–Crippen LogP) is 2.79. The van der Waals surface area contributed by atoms with E-state index in [0.717, 1.165) is 50.5 Å². The standard InChI is InChI=1S/C15H23NO3S/c1-2-16-13-5-6-15(18-8-9-19-15)10-14(13)20-11-12-4-3-7-17-12/h3-4,7,13-14,16H,2,5-6,8-11H2,1H3. The second-order valence-electron chi connectivity index (χ2n) is 5.44. The molecule has 1 saturated carbocycles. The van der Waals surface area contributed by atoms with Gasteiger partial charge in [-0.2, -0.15) is 0 Å². The summed E-state index contributed by atoms with van der Waals surface area (Å²) >= 11 is 1.95. The Morgan fingerprint density at radius 2 is 2.25 bits per heavy atom. The van der Waals surface area contributed by atoms with Gasteiger partial charge >= 0.3 is 0 Å². The lowest BCUT2D eigenvalue weighted by atomic mass is 9.89. The molecule has 0 bridgehead atoms. The van der Waals surface area contributed by atoms with E-state index in [-0.39, 0.29) is 5.79 Å². The molecule has 5 heteroatoms. The smallest absolute Gasteiger partial charge is 0.169 e. The molecule has 4 nitrogen and oxygen atoms in total. The summed E-state index contributed by atoms with van der Waals surface area (Å²) in [7, 11) is 0. The van der Waals surface area contributed by atoms with Gasteiger partial charge in [-0.15, -0.1) is 11.8 Å². The molecule has 1 aliphatic heterocycles. The first-order valence-electron chi connectivity index (χ1n) is 7.46. The third kappa shape index (κ3) is 3.22. The van der Waals surface area contributed by atoms with Crippen molar-refractivity contribution in [2.75, 3.05) is 19.8 Å². The fourth-order valence-corrected chi connectivity index (χ4v) is 4.51. The zero-order valence-electron chi connectivity index (χ0n) is 12.0. The Hall–Kier alpha value is -0.490. The number of nitrogens with one attached hydrogen (secondary N) is 1. The molecule has 1 spiro atoms. The second kappa shape index (κ2) is 6.52. The van der Waals surface area contributed by atoms with Crippen LogP contribution in [0.15, 0.2) is 22.8 Å². The molecule has 1 saturated heterocycles. The van der Waals surface area contributed by atoms with E-state index >= 15 is 0 Å². The second-order valence-corrected chi connectivity index (χ2v) is 6.67. The van der Waals surface area contributed by atoms with Gasteiger partial charge < -0.3 is 19.2 Å². The summed E-state index contributed by atoms with van der Waals surface area (Å²) in [4.78, 5) is 0. The maximum Gasteiger partial charge on any atom is 0.169 e. The van der Waals surface area contributed by atoms with Crippen LogP contribution in [-0.4, -0.2) is 36.8 Å². The number of furan rings is 1. The van der Waals surface area contributed by atoms with Crippen molar-refractivity contribution < 1.29 is 13.9 Å². The van der Waals surface area contributed by atoms with Gasteiger partial charge in [-0.25, -0.2) is 0 Å². The van der Waals surface area contributed by atoms with Gasteiger partial charge in [0.25, 0.3) is 0 Å². The Morgan fingerprint density at radius 1 is 1.40 bits per heavy atom. The maximum atomic E-state index is 5.89. The van der Waals surface area contributed by atoms with Crippen molar-refractivity contribution in [3.05, 3.63) is 24.2 Å². The Morgan fingerprint density at radius 3 is 2.95 bits per heavy atom. The van der Waals surface area contributed by atoms with Crippen LogP contribution >= 0.6 is 11.8 Å². The highest BCUT2D eigenvalue weighted by Gasteiger charge is 2.45. The topological polar surface area (TPSA) is 43.6 Å². The lowest BCUT2D eigenvalue weighted by Crippen LogP contribution is -2.49. The lowest BCUT2D eigenvalue weighted by Gasteiger charge is -2.41. The van der Waals surface area contributed by atoms with Crippen LogP contribution in [0.2, 0.25) is 0 Å². The van der Waals surface area contributed by atoms with Crippen LogP contribution < -0.4 is 5.32 Å². The quantitative estimate of drug-likeness (QED) is 0.905. The summed E-state index contributed by atoms with van der Waals surface area (Å²) in [5.74, 6) is 1.64. The summed E-state index contributed by atoms with van der Waals surface area (Å²) in [6.45, 7) is 4.65. The Bertz CT molecular complexity index is 403. The van der Waals surface area contributed by atoms with Gasteiger partial charge in [-0.1, -0.05) is 6.92 Å². The monoisotopic (exact) mass is 297 g/mol. The van der Waals surface area contributed by atoms with Crippen LogP contribution in [-0.2, 0) is 15.2 Å². The average molecular weight is 297 g/mol.